The lowest BCUT2D eigenvalue weighted by molar-refractivity contribution is 0.00950. The number of hydrogen-bond donors (Lipinski definition) is 1. The molecule has 0 aromatic heterocycles. The van der Waals surface area contributed by atoms with Gasteiger partial charge in [-0.2, -0.15) is 0 Å². The van der Waals surface area contributed by atoms with Gasteiger partial charge < -0.3 is 5.11 Å². The van der Waals surface area contributed by atoms with Crippen molar-refractivity contribution in [1.82, 2.24) is 0 Å². The molecule has 2 rings (SSSR count). The molecule has 0 saturated heterocycles. The first-order valence-corrected chi connectivity index (χ1v) is 5.67. The van der Waals surface area contributed by atoms with E-state index < -0.39 is 17.2 Å². The number of aliphatic hydroxyl groups is 1. The third-order valence-corrected chi connectivity index (χ3v) is 3.60. The summed E-state index contributed by atoms with van der Waals surface area (Å²) in [4.78, 5) is 0. The maximum Gasteiger partial charge on any atom is 0.126 e. The molecule has 1 saturated carbocycles. The summed E-state index contributed by atoms with van der Waals surface area (Å²) >= 11 is 0. The number of hydrogen-bond acceptors (Lipinski definition) is 1. The summed E-state index contributed by atoms with van der Waals surface area (Å²) in [5.41, 5.74) is -0.256. The van der Waals surface area contributed by atoms with E-state index in [1.807, 2.05) is 6.92 Å². The molecule has 1 aromatic carbocycles. The molecule has 1 aromatic rings. The minimum Gasteiger partial charge on any atom is -0.389 e. The fraction of sp³-hybridized carbons (Fsp3) is 0.538. The van der Waals surface area contributed by atoms with Gasteiger partial charge >= 0.3 is 0 Å². The zero-order chi connectivity index (χ0) is 11.8. The summed E-state index contributed by atoms with van der Waals surface area (Å²) in [5, 5.41) is 10.4. The summed E-state index contributed by atoms with van der Waals surface area (Å²) in [6.07, 6.45) is 3.01. The quantitative estimate of drug-likeness (QED) is 0.821. The van der Waals surface area contributed by atoms with Gasteiger partial charge in [0, 0.05) is 12.5 Å². The molecule has 1 fully saturated rings. The van der Waals surface area contributed by atoms with Gasteiger partial charge in [0.15, 0.2) is 0 Å². The van der Waals surface area contributed by atoms with Crippen LogP contribution in [0.1, 0.15) is 31.7 Å². The van der Waals surface area contributed by atoms with Gasteiger partial charge in [0.05, 0.1) is 5.60 Å². The van der Waals surface area contributed by atoms with Crippen molar-refractivity contribution in [2.75, 3.05) is 0 Å². The molecular weight excluding hydrogens is 210 g/mol. The van der Waals surface area contributed by atoms with Crippen LogP contribution < -0.4 is 0 Å². The smallest absolute Gasteiger partial charge is 0.126 e. The fourth-order valence-corrected chi connectivity index (χ4v) is 2.56. The average Bonchev–Trinajstić information content (AvgIpc) is 2.44. The van der Waals surface area contributed by atoms with Crippen molar-refractivity contribution >= 4 is 0 Å². The van der Waals surface area contributed by atoms with Crippen molar-refractivity contribution in [3.05, 3.63) is 35.4 Å². The second kappa shape index (κ2) is 4.13. The molecule has 3 heteroatoms. The highest BCUT2D eigenvalue weighted by atomic mass is 19.1. The van der Waals surface area contributed by atoms with Crippen LogP contribution in [0.25, 0.3) is 0 Å². The predicted octanol–water partition coefficient (Wildman–Crippen LogP) is 3.06. The van der Waals surface area contributed by atoms with Gasteiger partial charge in [-0.05, 0) is 36.5 Å². The van der Waals surface area contributed by atoms with Gasteiger partial charge in [-0.15, -0.1) is 0 Å². The van der Waals surface area contributed by atoms with Crippen molar-refractivity contribution in [2.24, 2.45) is 5.92 Å². The van der Waals surface area contributed by atoms with Crippen LogP contribution in [0.4, 0.5) is 8.78 Å². The largest absolute Gasteiger partial charge is 0.389 e. The molecule has 88 valence electrons. The summed E-state index contributed by atoms with van der Waals surface area (Å²) in [6, 6.07) is 3.45. The second-order valence-corrected chi connectivity index (χ2v) is 4.85. The van der Waals surface area contributed by atoms with Crippen molar-refractivity contribution in [2.45, 2.75) is 38.2 Å². The molecule has 1 aliphatic rings. The molecule has 0 radical (unpaired) electrons. The highest BCUT2D eigenvalue weighted by Crippen LogP contribution is 2.37. The lowest BCUT2D eigenvalue weighted by Crippen LogP contribution is -2.34. The lowest BCUT2D eigenvalue weighted by Gasteiger charge is -2.27. The van der Waals surface area contributed by atoms with E-state index >= 15 is 0 Å². The Labute approximate surface area is 94.1 Å². The van der Waals surface area contributed by atoms with Crippen LogP contribution in [-0.4, -0.2) is 10.7 Å². The molecule has 16 heavy (non-hydrogen) atoms. The molecule has 0 heterocycles. The molecule has 0 spiro atoms. The summed E-state index contributed by atoms with van der Waals surface area (Å²) in [5.74, 6) is -0.965. The zero-order valence-electron chi connectivity index (χ0n) is 9.34. The van der Waals surface area contributed by atoms with Crippen LogP contribution >= 0.6 is 0 Å². The standard InChI is InChI=1S/C13H16F2O/c1-9-3-2-4-13(9,16)8-10-5-11(14)7-12(15)6-10/h5-7,9,16H,2-4,8H2,1H3. The van der Waals surface area contributed by atoms with E-state index in [-0.39, 0.29) is 5.92 Å². The Kier molecular flexibility index (Phi) is 2.98. The molecule has 0 bridgehead atoms. The van der Waals surface area contributed by atoms with Crippen LogP contribution in [0.2, 0.25) is 0 Å². The van der Waals surface area contributed by atoms with E-state index in [2.05, 4.69) is 0 Å². The van der Waals surface area contributed by atoms with Crippen LogP contribution in [0.3, 0.4) is 0 Å². The highest BCUT2D eigenvalue weighted by Gasteiger charge is 2.38. The van der Waals surface area contributed by atoms with Crippen molar-refractivity contribution in [3.8, 4) is 0 Å². The topological polar surface area (TPSA) is 20.2 Å². The van der Waals surface area contributed by atoms with Crippen molar-refractivity contribution in [3.63, 3.8) is 0 Å². The first-order chi connectivity index (χ1) is 7.49. The van der Waals surface area contributed by atoms with E-state index in [9.17, 15) is 13.9 Å². The van der Waals surface area contributed by atoms with Gasteiger partial charge in [0.25, 0.3) is 0 Å². The Morgan fingerprint density at radius 1 is 1.31 bits per heavy atom. The van der Waals surface area contributed by atoms with E-state index in [0.717, 1.165) is 18.9 Å². The van der Waals surface area contributed by atoms with E-state index in [0.29, 0.717) is 18.4 Å². The van der Waals surface area contributed by atoms with E-state index in [1.165, 1.54) is 12.1 Å². The summed E-state index contributed by atoms with van der Waals surface area (Å²) in [6.45, 7) is 1.99. The molecular formula is C13H16F2O. The monoisotopic (exact) mass is 226 g/mol. The minimum absolute atomic E-state index is 0.193. The third kappa shape index (κ3) is 2.24. The van der Waals surface area contributed by atoms with Crippen molar-refractivity contribution in [1.29, 1.82) is 0 Å². The van der Waals surface area contributed by atoms with Crippen LogP contribution in [-0.2, 0) is 6.42 Å². The number of benzene rings is 1. The lowest BCUT2D eigenvalue weighted by atomic mass is 9.86. The predicted molar refractivity (Wildman–Crippen MR) is 58.0 cm³/mol. The maximum atomic E-state index is 13.0. The molecule has 1 N–H and O–H groups in total. The number of halogens is 2. The van der Waals surface area contributed by atoms with E-state index in [4.69, 9.17) is 0 Å². The normalized spacial score (nSPS) is 29.6. The first kappa shape index (κ1) is 11.5. The first-order valence-electron chi connectivity index (χ1n) is 5.67. The van der Waals surface area contributed by atoms with Gasteiger partial charge in [-0.25, -0.2) is 8.78 Å². The molecule has 2 unspecified atom stereocenters. The molecule has 1 nitrogen and oxygen atoms in total. The summed E-state index contributed by atoms with van der Waals surface area (Å²) < 4.78 is 26.0. The summed E-state index contributed by atoms with van der Waals surface area (Å²) in [7, 11) is 0. The Bertz CT molecular complexity index is 371. The Morgan fingerprint density at radius 3 is 2.44 bits per heavy atom. The zero-order valence-corrected chi connectivity index (χ0v) is 9.34. The van der Waals surface area contributed by atoms with Gasteiger partial charge in [-0.1, -0.05) is 13.3 Å². The molecule has 2 atom stereocenters. The van der Waals surface area contributed by atoms with Gasteiger partial charge in [-0.3, -0.25) is 0 Å². The molecule has 0 aliphatic heterocycles. The molecule has 0 amide bonds. The van der Waals surface area contributed by atoms with Gasteiger partial charge in [0.1, 0.15) is 11.6 Å². The Hall–Kier alpha value is -0.960. The van der Waals surface area contributed by atoms with Crippen LogP contribution in [0.15, 0.2) is 18.2 Å². The molecule has 1 aliphatic carbocycles. The fourth-order valence-electron chi connectivity index (χ4n) is 2.56. The average molecular weight is 226 g/mol. The van der Waals surface area contributed by atoms with Gasteiger partial charge in [0.2, 0.25) is 0 Å². The van der Waals surface area contributed by atoms with E-state index in [1.54, 1.807) is 0 Å². The van der Waals surface area contributed by atoms with Crippen molar-refractivity contribution < 1.29 is 13.9 Å². The SMILES string of the molecule is CC1CCCC1(O)Cc1cc(F)cc(F)c1. The third-order valence-electron chi connectivity index (χ3n) is 3.60. The Balaban J connectivity index is 2.20. The van der Waals surface area contributed by atoms with Crippen LogP contribution in [0.5, 0.6) is 0 Å². The highest BCUT2D eigenvalue weighted by molar-refractivity contribution is 5.20. The minimum atomic E-state index is -0.791. The second-order valence-electron chi connectivity index (χ2n) is 4.85. The Morgan fingerprint density at radius 2 is 1.94 bits per heavy atom. The van der Waals surface area contributed by atoms with Crippen LogP contribution in [0, 0.1) is 17.6 Å². The number of rotatable bonds is 2. The maximum absolute atomic E-state index is 13.0.